The van der Waals surface area contributed by atoms with E-state index in [0.29, 0.717) is 41.0 Å². The molecule has 0 saturated carbocycles. The Labute approximate surface area is 245 Å². The van der Waals surface area contributed by atoms with Gasteiger partial charge in [-0.25, -0.2) is 0 Å². The number of ether oxygens (including phenoxy) is 2. The van der Waals surface area contributed by atoms with E-state index in [9.17, 15) is 19.2 Å². The number of nitrogens with two attached hydrogens (primary N) is 1. The van der Waals surface area contributed by atoms with Crippen LogP contribution in [0.5, 0.6) is 0 Å². The second-order valence-electron chi connectivity index (χ2n) is 10.5. The van der Waals surface area contributed by atoms with Crippen LogP contribution in [0.15, 0.2) is 53.9 Å². The van der Waals surface area contributed by atoms with Gasteiger partial charge in [-0.15, -0.1) is 11.3 Å². The zero-order valence-electron chi connectivity index (χ0n) is 22.8. The molecule has 2 aliphatic heterocycles. The molecular formula is C30H29N5O6S. The molecular weight excluding hydrogens is 558 g/mol. The van der Waals surface area contributed by atoms with Gasteiger partial charge in [0.15, 0.2) is 11.6 Å². The third kappa shape index (κ3) is 4.97. The van der Waals surface area contributed by atoms with Gasteiger partial charge in [-0.3, -0.25) is 24.6 Å². The number of nitrogens with one attached hydrogen (secondary N) is 3. The average molecular weight is 588 g/mol. The van der Waals surface area contributed by atoms with Gasteiger partial charge in [0.25, 0.3) is 5.91 Å². The van der Waals surface area contributed by atoms with E-state index in [2.05, 4.69) is 10.6 Å². The topological polar surface area (TPSA) is 164 Å². The van der Waals surface area contributed by atoms with Gasteiger partial charge in [-0.1, -0.05) is 24.3 Å². The molecule has 1 unspecified atom stereocenters. The monoisotopic (exact) mass is 587 g/mol. The van der Waals surface area contributed by atoms with Gasteiger partial charge in [0.2, 0.25) is 11.8 Å². The third-order valence-electron chi connectivity index (χ3n) is 7.83. The molecule has 0 radical (unpaired) electrons. The normalized spacial score (nSPS) is 18.9. The van der Waals surface area contributed by atoms with Gasteiger partial charge in [-0.05, 0) is 42.3 Å². The second kappa shape index (κ2) is 10.8. The lowest BCUT2D eigenvalue weighted by atomic mass is 10.0. The van der Waals surface area contributed by atoms with Crippen LogP contribution < -0.4 is 16.4 Å². The number of carbonyl (C=O) groups excluding carboxylic acids is 4. The van der Waals surface area contributed by atoms with Crippen LogP contribution in [0.25, 0.3) is 11.1 Å². The predicted octanol–water partition coefficient (Wildman–Crippen LogP) is 2.19. The van der Waals surface area contributed by atoms with Crippen molar-refractivity contribution in [2.24, 2.45) is 5.73 Å². The van der Waals surface area contributed by atoms with Crippen LogP contribution in [0, 0.1) is 5.41 Å². The van der Waals surface area contributed by atoms with Gasteiger partial charge in [-0.2, -0.15) is 0 Å². The fraction of sp³-hybridized carbons (Fsp3) is 0.300. The summed E-state index contributed by atoms with van der Waals surface area (Å²) >= 11 is 1.38. The number of thiophene rings is 1. The number of benzene rings is 2. The SMILES string of the molecule is CC(NC(=O)[C@@H]1CC2(CN1C(=O)CNC(=O)c1ccc3c(c1)-c1ccccc1C3=O)OCCO2)c1cc(C(=N)N)cs1. The fourth-order valence-corrected chi connectivity index (χ4v) is 6.59. The van der Waals surface area contributed by atoms with E-state index < -0.39 is 23.6 Å². The summed E-state index contributed by atoms with van der Waals surface area (Å²) in [5, 5.41) is 15.0. The number of likely N-dealkylation sites (tertiary alicyclic amines) is 1. The molecule has 2 fully saturated rings. The molecule has 216 valence electrons. The molecule has 42 heavy (non-hydrogen) atoms. The first-order valence-electron chi connectivity index (χ1n) is 13.5. The molecule has 11 nitrogen and oxygen atoms in total. The van der Waals surface area contributed by atoms with E-state index in [0.717, 1.165) is 10.4 Å². The Bertz CT molecular complexity index is 1630. The number of amidine groups is 1. The van der Waals surface area contributed by atoms with Crippen molar-refractivity contribution in [3.8, 4) is 11.1 Å². The largest absolute Gasteiger partial charge is 0.384 e. The highest BCUT2D eigenvalue weighted by Gasteiger charge is 2.52. The molecule has 5 N–H and O–H groups in total. The minimum absolute atomic E-state index is 0.0543. The summed E-state index contributed by atoms with van der Waals surface area (Å²) in [5.74, 6) is -2.52. The number of hydrogen-bond donors (Lipinski definition) is 4. The smallest absolute Gasteiger partial charge is 0.251 e. The first-order chi connectivity index (χ1) is 20.2. The maximum absolute atomic E-state index is 13.4. The maximum atomic E-state index is 13.4. The number of nitrogen functional groups attached to an aromatic ring is 1. The van der Waals surface area contributed by atoms with Crippen molar-refractivity contribution in [3.63, 3.8) is 0 Å². The van der Waals surface area contributed by atoms with E-state index in [4.69, 9.17) is 20.6 Å². The third-order valence-corrected chi connectivity index (χ3v) is 8.95. The quantitative estimate of drug-likeness (QED) is 0.190. The van der Waals surface area contributed by atoms with Gasteiger partial charge in [0.1, 0.15) is 11.9 Å². The molecule has 0 bridgehead atoms. The van der Waals surface area contributed by atoms with Crippen molar-refractivity contribution in [1.29, 1.82) is 5.41 Å². The number of amides is 3. The Morgan fingerprint density at radius 1 is 1.07 bits per heavy atom. The summed E-state index contributed by atoms with van der Waals surface area (Å²) in [5.41, 5.74) is 9.04. The van der Waals surface area contributed by atoms with Crippen molar-refractivity contribution in [1.82, 2.24) is 15.5 Å². The van der Waals surface area contributed by atoms with Gasteiger partial charge in [0, 0.05) is 38.9 Å². The Hall–Kier alpha value is -4.39. The minimum atomic E-state index is -1.07. The summed E-state index contributed by atoms with van der Waals surface area (Å²) in [7, 11) is 0. The molecule has 2 aromatic carbocycles. The molecule has 1 spiro atoms. The van der Waals surface area contributed by atoms with E-state index in [1.165, 1.54) is 16.2 Å². The first kappa shape index (κ1) is 27.8. The van der Waals surface area contributed by atoms with Gasteiger partial charge in [0.05, 0.1) is 32.3 Å². The highest BCUT2D eigenvalue weighted by atomic mass is 32.1. The zero-order valence-corrected chi connectivity index (χ0v) is 23.6. The van der Waals surface area contributed by atoms with Gasteiger partial charge < -0.3 is 30.7 Å². The lowest BCUT2D eigenvalue weighted by Crippen LogP contribution is -2.49. The van der Waals surface area contributed by atoms with Crippen LogP contribution in [-0.4, -0.2) is 72.4 Å². The Balaban J connectivity index is 1.14. The fourth-order valence-electron chi connectivity index (χ4n) is 5.67. The van der Waals surface area contributed by atoms with Crippen LogP contribution >= 0.6 is 11.3 Å². The first-order valence-corrected chi connectivity index (χ1v) is 14.4. The number of ketones is 1. The van der Waals surface area contributed by atoms with Crippen LogP contribution in [0.1, 0.15) is 56.1 Å². The van der Waals surface area contributed by atoms with Crippen molar-refractivity contribution in [2.75, 3.05) is 26.3 Å². The molecule has 1 aromatic heterocycles. The number of nitrogens with zero attached hydrogens (tertiary/aromatic N) is 1. The highest BCUT2D eigenvalue weighted by molar-refractivity contribution is 7.10. The molecule has 2 saturated heterocycles. The lowest BCUT2D eigenvalue weighted by Gasteiger charge is -2.25. The Morgan fingerprint density at radius 3 is 2.50 bits per heavy atom. The van der Waals surface area contributed by atoms with Crippen molar-refractivity contribution in [3.05, 3.63) is 81.0 Å². The number of fused-ring (bicyclic) bond motifs is 3. The van der Waals surface area contributed by atoms with Crippen molar-refractivity contribution >= 4 is 40.7 Å². The predicted molar refractivity (Wildman–Crippen MR) is 154 cm³/mol. The summed E-state index contributed by atoms with van der Waals surface area (Å²) in [6, 6.07) is 12.6. The summed E-state index contributed by atoms with van der Waals surface area (Å²) in [6.45, 7) is 2.25. The molecule has 6 rings (SSSR count). The molecule has 3 amide bonds. The summed E-state index contributed by atoms with van der Waals surface area (Å²) < 4.78 is 11.6. The van der Waals surface area contributed by atoms with Crippen molar-refractivity contribution < 1.29 is 28.7 Å². The molecule has 1 aliphatic carbocycles. The maximum Gasteiger partial charge on any atom is 0.251 e. The Morgan fingerprint density at radius 2 is 1.79 bits per heavy atom. The second-order valence-corrected chi connectivity index (χ2v) is 11.5. The van der Waals surface area contributed by atoms with Crippen LogP contribution in [-0.2, 0) is 19.1 Å². The lowest BCUT2D eigenvalue weighted by molar-refractivity contribution is -0.152. The standard InChI is InChI=1S/C30H29N5O6S/c1-16(24-11-18(14-42-24)27(31)32)34-29(39)23-12-30(40-8-9-41-30)15-35(23)25(36)13-33-28(38)17-6-7-21-22(10-17)19-4-2-3-5-20(19)26(21)37/h2-7,10-11,14,16,23H,8-9,12-13,15H2,1H3,(H3,31,32)(H,33,38)(H,34,39)/t16?,23-/m0/s1. The van der Waals surface area contributed by atoms with E-state index in [1.807, 2.05) is 19.1 Å². The molecule has 3 aromatic rings. The van der Waals surface area contributed by atoms with Crippen LogP contribution in [0.4, 0.5) is 0 Å². The van der Waals surface area contributed by atoms with E-state index in [-0.39, 0.29) is 43.1 Å². The highest BCUT2D eigenvalue weighted by Crippen LogP contribution is 2.37. The zero-order chi connectivity index (χ0) is 29.6. The van der Waals surface area contributed by atoms with Crippen LogP contribution in [0.3, 0.4) is 0 Å². The molecule has 3 aliphatic rings. The summed E-state index contributed by atoms with van der Waals surface area (Å²) in [6.07, 6.45) is 0.159. The Kier molecular flexibility index (Phi) is 7.13. The average Bonchev–Trinajstić information content (AvgIpc) is 3.79. The number of hydrogen-bond acceptors (Lipinski definition) is 8. The number of carbonyl (C=O) groups is 4. The molecule has 3 heterocycles. The van der Waals surface area contributed by atoms with E-state index in [1.54, 1.807) is 41.8 Å². The summed E-state index contributed by atoms with van der Waals surface area (Å²) in [4.78, 5) is 54.8. The molecule has 2 atom stereocenters. The van der Waals surface area contributed by atoms with Crippen LogP contribution in [0.2, 0.25) is 0 Å². The number of rotatable bonds is 7. The minimum Gasteiger partial charge on any atom is -0.384 e. The van der Waals surface area contributed by atoms with E-state index >= 15 is 0 Å². The molecule has 12 heteroatoms. The van der Waals surface area contributed by atoms with Gasteiger partial charge >= 0.3 is 0 Å². The van der Waals surface area contributed by atoms with Crippen molar-refractivity contribution in [2.45, 2.75) is 31.2 Å².